The van der Waals surface area contributed by atoms with Crippen molar-refractivity contribution in [1.29, 1.82) is 0 Å². The van der Waals surface area contributed by atoms with Gasteiger partial charge >= 0.3 is 0 Å². The molecule has 1 aliphatic heterocycles. The van der Waals surface area contributed by atoms with Gasteiger partial charge < -0.3 is 10.6 Å². The monoisotopic (exact) mass is 427 g/mol. The molecule has 4 rings (SSSR count). The first-order valence-electron chi connectivity index (χ1n) is 11.9. The van der Waals surface area contributed by atoms with Crippen LogP contribution in [0.15, 0.2) is 60.7 Å². The Bertz CT molecular complexity index is 1080. The number of nitrogens with one attached hydrogen (secondary N) is 2. The number of aryl methyl sites for hydroxylation is 1. The molecular weight excluding hydrogens is 390 g/mol. The van der Waals surface area contributed by atoms with Gasteiger partial charge in [0.25, 0.3) is 0 Å². The molecule has 1 aliphatic rings. The Morgan fingerprint density at radius 2 is 1.66 bits per heavy atom. The summed E-state index contributed by atoms with van der Waals surface area (Å²) in [5.41, 5.74) is 8.56. The molecule has 0 radical (unpaired) electrons. The largest absolute Gasteiger partial charge is 0.382 e. The van der Waals surface area contributed by atoms with Crippen molar-refractivity contribution in [2.75, 3.05) is 5.32 Å². The zero-order valence-electron chi connectivity index (χ0n) is 20.4. The third-order valence-corrected chi connectivity index (χ3v) is 6.24. The summed E-state index contributed by atoms with van der Waals surface area (Å²) in [5.74, 6) is 0.450. The first-order chi connectivity index (χ1) is 15.2. The van der Waals surface area contributed by atoms with Gasteiger partial charge in [-0.1, -0.05) is 62.4 Å². The van der Waals surface area contributed by atoms with Gasteiger partial charge in [-0.3, -0.25) is 4.98 Å². The van der Waals surface area contributed by atoms with Crippen LogP contribution >= 0.6 is 0 Å². The summed E-state index contributed by atoms with van der Waals surface area (Å²) < 4.78 is 0. The Kier molecular flexibility index (Phi) is 6.39. The molecule has 1 unspecified atom stereocenters. The zero-order chi connectivity index (χ0) is 22.9. The molecule has 2 N–H and O–H groups in total. The molecular formula is C29H37N3. The molecule has 168 valence electrons. The topological polar surface area (TPSA) is 37.0 Å². The minimum atomic E-state index is -0.0463. The first kappa shape index (κ1) is 22.5. The number of aromatic nitrogens is 1. The number of rotatable bonds is 5. The number of hydrogen-bond acceptors (Lipinski definition) is 3. The summed E-state index contributed by atoms with van der Waals surface area (Å²) in [6.07, 6.45) is 2.29. The Hall–Kier alpha value is -2.65. The van der Waals surface area contributed by atoms with Crippen molar-refractivity contribution in [1.82, 2.24) is 10.3 Å². The highest BCUT2D eigenvalue weighted by atomic mass is 15.0. The van der Waals surface area contributed by atoms with E-state index in [0.29, 0.717) is 12.0 Å². The minimum Gasteiger partial charge on any atom is -0.382 e. The molecule has 0 aliphatic carbocycles. The average molecular weight is 428 g/mol. The number of nitrogens with zero attached hydrogens (tertiary/aromatic N) is 1. The van der Waals surface area contributed by atoms with E-state index in [9.17, 15) is 0 Å². The summed E-state index contributed by atoms with van der Waals surface area (Å²) in [4.78, 5) is 5.23. The van der Waals surface area contributed by atoms with Gasteiger partial charge in [0.2, 0.25) is 0 Å². The number of benzene rings is 2. The Morgan fingerprint density at radius 3 is 2.38 bits per heavy atom. The van der Waals surface area contributed by atoms with Gasteiger partial charge in [0.05, 0.1) is 17.4 Å². The van der Waals surface area contributed by atoms with Crippen LogP contribution < -0.4 is 10.6 Å². The second-order valence-corrected chi connectivity index (χ2v) is 10.5. The molecule has 2 atom stereocenters. The Balaban J connectivity index is 1.82. The van der Waals surface area contributed by atoms with Crippen molar-refractivity contribution in [2.24, 2.45) is 0 Å². The van der Waals surface area contributed by atoms with Crippen molar-refractivity contribution in [3.63, 3.8) is 0 Å². The molecule has 0 saturated heterocycles. The average Bonchev–Trinajstić information content (AvgIpc) is 2.76. The van der Waals surface area contributed by atoms with E-state index in [1.165, 1.54) is 34.4 Å². The van der Waals surface area contributed by atoms with Gasteiger partial charge in [0.15, 0.2) is 0 Å². The van der Waals surface area contributed by atoms with E-state index in [1.807, 2.05) is 0 Å². The lowest BCUT2D eigenvalue weighted by Gasteiger charge is -2.31. The van der Waals surface area contributed by atoms with Gasteiger partial charge in [-0.2, -0.15) is 0 Å². The first-order valence-corrected chi connectivity index (χ1v) is 11.9. The molecule has 2 heterocycles. The highest BCUT2D eigenvalue weighted by molar-refractivity contribution is 5.79. The third-order valence-electron chi connectivity index (χ3n) is 6.24. The van der Waals surface area contributed by atoms with Crippen LogP contribution in [0.1, 0.15) is 82.3 Å². The van der Waals surface area contributed by atoms with Crippen LogP contribution in [0.4, 0.5) is 5.69 Å². The van der Waals surface area contributed by atoms with Crippen LogP contribution in [0.25, 0.3) is 11.3 Å². The molecule has 0 spiro atoms. The van der Waals surface area contributed by atoms with E-state index in [2.05, 4.69) is 113 Å². The third kappa shape index (κ3) is 4.88. The van der Waals surface area contributed by atoms with Crippen molar-refractivity contribution in [3.05, 3.63) is 83.0 Å². The van der Waals surface area contributed by atoms with Crippen LogP contribution in [0.3, 0.4) is 0 Å². The lowest BCUT2D eigenvalue weighted by molar-refractivity contribution is 0.386. The predicted molar refractivity (Wildman–Crippen MR) is 136 cm³/mol. The SMILES string of the molecule is CC1CCc2cccc(-c3cccc([C@@H](NC(C)(C)C)c4ccccc4C(C)C)n3)c2N1. The maximum absolute atomic E-state index is 5.23. The number of anilines is 1. The number of hydrogen-bond donors (Lipinski definition) is 2. The van der Waals surface area contributed by atoms with Gasteiger partial charge in [0.1, 0.15) is 0 Å². The smallest absolute Gasteiger partial charge is 0.0758 e. The fraction of sp³-hybridized carbons (Fsp3) is 0.414. The van der Waals surface area contributed by atoms with Crippen molar-refractivity contribution < 1.29 is 0 Å². The normalized spacial score (nSPS) is 17.0. The van der Waals surface area contributed by atoms with Crippen LogP contribution in [0.5, 0.6) is 0 Å². The van der Waals surface area contributed by atoms with E-state index in [-0.39, 0.29) is 11.6 Å². The maximum atomic E-state index is 5.23. The van der Waals surface area contributed by atoms with E-state index in [1.54, 1.807) is 0 Å². The van der Waals surface area contributed by atoms with E-state index >= 15 is 0 Å². The second-order valence-electron chi connectivity index (χ2n) is 10.5. The molecule has 1 aromatic heterocycles. The van der Waals surface area contributed by atoms with Gasteiger partial charge in [-0.25, -0.2) is 0 Å². The molecule has 0 fully saturated rings. The predicted octanol–water partition coefficient (Wildman–Crippen LogP) is 7.10. The summed E-state index contributed by atoms with van der Waals surface area (Å²) in [6, 6.07) is 22.4. The highest BCUT2D eigenvalue weighted by Gasteiger charge is 2.25. The maximum Gasteiger partial charge on any atom is 0.0758 e. The number of para-hydroxylation sites is 1. The van der Waals surface area contributed by atoms with Gasteiger partial charge in [-0.05, 0) is 75.3 Å². The molecule has 3 nitrogen and oxygen atoms in total. The van der Waals surface area contributed by atoms with Crippen molar-refractivity contribution in [3.8, 4) is 11.3 Å². The minimum absolute atomic E-state index is 0.0278. The van der Waals surface area contributed by atoms with Gasteiger partial charge in [-0.15, -0.1) is 0 Å². The molecule has 2 aromatic carbocycles. The summed E-state index contributed by atoms with van der Waals surface area (Å²) in [7, 11) is 0. The Labute approximate surface area is 193 Å². The van der Waals surface area contributed by atoms with Gasteiger partial charge in [0, 0.05) is 22.8 Å². The number of fused-ring (bicyclic) bond motifs is 1. The van der Waals surface area contributed by atoms with Crippen molar-refractivity contribution >= 4 is 5.69 Å². The fourth-order valence-electron chi connectivity index (χ4n) is 4.69. The molecule has 0 bridgehead atoms. The van der Waals surface area contributed by atoms with E-state index < -0.39 is 0 Å². The molecule has 0 amide bonds. The fourth-order valence-corrected chi connectivity index (χ4v) is 4.69. The Morgan fingerprint density at radius 1 is 0.938 bits per heavy atom. The highest BCUT2D eigenvalue weighted by Crippen LogP contribution is 2.36. The van der Waals surface area contributed by atoms with Crippen LogP contribution in [0.2, 0.25) is 0 Å². The van der Waals surface area contributed by atoms with E-state index in [4.69, 9.17) is 4.98 Å². The van der Waals surface area contributed by atoms with E-state index in [0.717, 1.165) is 17.8 Å². The summed E-state index contributed by atoms with van der Waals surface area (Å²) >= 11 is 0. The molecule has 3 heteroatoms. The molecule has 3 aromatic rings. The lowest BCUT2D eigenvalue weighted by atomic mass is 9.89. The van der Waals surface area contributed by atoms with Crippen molar-refractivity contribution in [2.45, 2.75) is 77.9 Å². The summed E-state index contributed by atoms with van der Waals surface area (Å²) in [6.45, 7) is 13.5. The number of pyridine rings is 1. The van der Waals surface area contributed by atoms with Crippen LogP contribution in [0, 0.1) is 0 Å². The molecule has 0 saturated carbocycles. The van der Waals surface area contributed by atoms with Crippen LogP contribution in [-0.2, 0) is 6.42 Å². The quantitative estimate of drug-likeness (QED) is 0.456. The standard InChI is InChI=1S/C29H37N3/c1-19(2)22-12-7-8-13-23(22)28(32-29(4,5)6)26-16-10-15-25(31-26)24-14-9-11-21-18-17-20(3)30-27(21)24/h7-16,19-20,28,30,32H,17-18H2,1-6H3/t20?,28-/m0/s1. The lowest BCUT2D eigenvalue weighted by Crippen LogP contribution is -2.40. The molecule has 32 heavy (non-hydrogen) atoms. The second kappa shape index (κ2) is 9.07. The van der Waals surface area contributed by atoms with Crippen LogP contribution in [-0.4, -0.2) is 16.6 Å². The zero-order valence-corrected chi connectivity index (χ0v) is 20.4. The summed E-state index contributed by atoms with van der Waals surface area (Å²) in [5, 5.41) is 7.57.